The van der Waals surface area contributed by atoms with Gasteiger partial charge < -0.3 is 10.6 Å². The molecule has 140 valence electrons. The van der Waals surface area contributed by atoms with E-state index in [9.17, 15) is 4.79 Å². The van der Waals surface area contributed by atoms with E-state index in [-0.39, 0.29) is 11.8 Å². The van der Waals surface area contributed by atoms with Crippen LogP contribution in [0.25, 0.3) is 0 Å². The van der Waals surface area contributed by atoms with Gasteiger partial charge in [-0.25, -0.2) is 0 Å². The Kier molecular flexibility index (Phi) is 5.47. The molecule has 1 aromatic heterocycles. The summed E-state index contributed by atoms with van der Waals surface area (Å²) in [6, 6.07) is 10.4. The first-order chi connectivity index (χ1) is 12.4. The van der Waals surface area contributed by atoms with E-state index >= 15 is 0 Å². The second kappa shape index (κ2) is 7.62. The summed E-state index contributed by atoms with van der Waals surface area (Å²) in [7, 11) is 1.95. The summed E-state index contributed by atoms with van der Waals surface area (Å²) < 4.78 is 1.90. The Hall–Kier alpha value is -2.14. The van der Waals surface area contributed by atoms with E-state index in [0.29, 0.717) is 18.4 Å². The fraction of sp³-hybridized carbons (Fsp3) is 0.524. The van der Waals surface area contributed by atoms with E-state index in [4.69, 9.17) is 5.73 Å². The number of carbonyl (C=O) groups is 1. The Morgan fingerprint density at radius 3 is 2.54 bits per heavy atom. The molecule has 26 heavy (non-hydrogen) atoms. The number of carbonyl (C=O) groups excluding carboxylic acids is 1. The third kappa shape index (κ3) is 3.54. The number of rotatable bonds is 5. The first-order valence-electron chi connectivity index (χ1n) is 9.45. The highest BCUT2D eigenvalue weighted by Gasteiger charge is 2.36. The van der Waals surface area contributed by atoms with Crippen LogP contribution in [0.2, 0.25) is 0 Å². The quantitative estimate of drug-likeness (QED) is 0.897. The molecule has 0 saturated carbocycles. The van der Waals surface area contributed by atoms with Crippen molar-refractivity contribution < 1.29 is 4.79 Å². The average molecular weight is 354 g/mol. The van der Waals surface area contributed by atoms with Gasteiger partial charge in [0.1, 0.15) is 0 Å². The van der Waals surface area contributed by atoms with Crippen molar-refractivity contribution in [2.75, 3.05) is 19.6 Å². The van der Waals surface area contributed by atoms with Crippen LogP contribution in [0, 0.1) is 25.7 Å². The Bertz CT molecular complexity index is 768. The molecule has 1 aromatic carbocycles. The molecule has 5 heteroatoms. The van der Waals surface area contributed by atoms with Crippen molar-refractivity contribution in [2.45, 2.75) is 33.1 Å². The largest absolute Gasteiger partial charge is 0.341 e. The predicted molar refractivity (Wildman–Crippen MR) is 104 cm³/mol. The summed E-state index contributed by atoms with van der Waals surface area (Å²) in [5.41, 5.74) is 10.7. The molecule has 1 aliphatic rings. The summed E-state index contributed by atoms with van der Waals surface area (Å²) in [6.07, 6.45) is 0.740. The van der Waals surface area contributed by atoms with Crippen molar-refractivity contribution in [3.8, 4) is 0 Å². The normalized spacial score (nSPS) is 21.2. The van der Waals surface area contributed by atoms with Gasteiger partial charge >= 0.3 is 0 Å². The predicted octanol–water partition coefficient (Wildman–Crippen LogP) is 2.42. The van der Waals surface area contributed by atoms with Crippen LogP contribution in [0.15, 0.2) is 30.3 Å². The van der Waals surface area contributed by atoms with Gasteiger partial charge in [0.05, 0.1) is 5.69 Å². The van der Waals surface area contributed by atoms with E-state index in [1.54, 1.807) is 0 Å². The van der Waals surface area contributed by atoms with E-state index in [1.807, 2.05) is 36.5 Å². The van der Waals surface area contributed by atoms with Crippen LogP contribution >= 0.6 is 0 Å². The highest BCUT2D eigenvalue weighted by Crippen LogP contribution is 2.33. The first kappa shape index (κ1) is 18.6. The Morgan fingerprint density at radius 2 is 1.96 bits per heavy atom. The first-order valence-corrected chi connectivity index (χ1v) is 9.45. The number of aromatic nitrogens is 2. The second-order valence-corrected chi connectivity index (χ2v) is 7.63. The van der Waals surface area contributed by atoms with Gasteiger partial charge in [0.15, 0.2) is 0 Å². The van der Waals surface area contributed by atoms with Crippen molar-refractivity contribution in [1.29, 1.82) is 0 Å². The molecule has 0 aliphatic carbocycles. The average Bonchev–Trinajstić information content (AvgIpc) is 3.18. The SMILES string of the molecule is Cc1nn(C)c(C)c1CC(C)C(=O)N1C[C@@H](CN)[C@H](c2ccccc2)C1. The second-order valence-electron chi connectivity index (χ2n) is 7.63. The molecule has 2 heterocycles. The van der Waals surface area contributed by atoms with Crippen LogP contribution in [-0.2, 0) is 18.3 Å². The summed E-state index contributed by atoms with van der Waals surface area (Å²) in [6.45, 7) is 8.24. The molecule has 1 amide bonds. The maximum Gasteiger partial charge on any atom is 0.225 e. The molecule has 1 fully saturated rings. The number of likely N-dealkylation sites (tertiary alicyclic amines) is 1. The van der Waals surface area contributed by atoms with Crippen LogP contribution in [0.1, 0.15) is 35.4 Å². The maximum atomic E-state index is 13.1. The number of aryl methyl sites for hydroxylation is 2. The monoisotopic (exact) mass is 354 g/mol. The van der Waals surface area contributed by atoms with Gasteiger partial charge in [-0.2, -0.15) is 5.10 Å². The van der Waals surface area contributed by atoms with Gasteiger partial charge in [0.2, 0.25) is 5.91 Å². The maximum absolute atomic E-state index is 13.1. The van der Waals surface area contributed by atoms with Crippen molar-refractivity contribution in [1.82, 2.24) is 14.7 Å². The van der Waals surface area contributed by atoms with Crippen LogP contribution in [0.3, 0.4) is 0 Å². The van der Waals surface area contributed by atoms with E-state index in [2.05, 4.69) is 36.3 Å². The lowest BCUT2D eigenvalue weighted by atomic mass is 9.89. The molecule has 1 unspecified atom stereocenters. The topological polar surface area (TPSA) is 64.2 Å². The molecule has 0 radical (unpaired) electrons. The van der Waals surface area contributed by atoms with Gasteiger partial charge in [-0.3, -0.25) is 9.48 Å². The minimum Gasteiger partial charge on any atom is -0.341 e. The van der Waals surface area contributed by atoms with Crippen molar-refractivity contribution >= 4 is 5.91 Å². The number of hydrogen-bond donors (Lipinski definition) is 1. The van der Waals surface area contributed by atoms with Gasteiger partial charge in [-0.1, -0.05) is 37.3 Å². The van der Waals surface area contributed by atoms with Crippen LogP contribution in [-0.4, -0.2) is 40.2 Å². The standard InChI is InChI=1S/C21H30N4O/c1-14(10-19-15(2)23-24(4)16(19)3)21(26)25-12-18(11-22)20(13-25)17-8-6-5-7-9-17/h5-9,14,18,20H,10-13,22H2,1-4H3/t14?,18-,20+/m1/s1. The molecule has 0 spiro atoms. The lowest BCUT2D eigenvalue weighted by molar-refractivity contribution is -0.134. The molecule has 2 aromatic rings. The van der Waals surface area contributed by atoms with E-state index in [0.717, 1.165) is 30.9 Å². The molecular formula is C21H30N4O. The zero-order chi connectivity index (χ0) is 18.8. The molecule has 3 rings (SSSR count). The van der Waals surface area contributed by atoms with E-state index < -0.39 is 0 Å². The fourth-order valence-corrected chi connectivity index (χ4v) is 4.19. The molecule has 5 nitrogen and oxygen atoms in total. The van der Waals surface area contributed by atoms with Gasteiger partial charge in [0.25, 0.3) is 0 Å². The van der Waals surface area contributed by atoms with Crippen molar-refractivity contribution in [3.05, 3.63) is 52.8 Å². The summed E-state index contributed by atoms with van der Waals surface area (Å²) >= 11 is 0. The number of hydrogen-bond acceptors (Lipinski definition) is 3. The molecule has 0 bridgehead atoms. The number of benzene rings is 1. The lowest BCUT2D eigenvalue weighted by Crippen LogP contribution is -2.35. The summed E-state index contributed by atoms with van der Waals surface area (Å²) in [4.78, 5) is 15.1. The van der Waals surface area contributed by atoms with Crippen LogP contribution in [0.5, 0.6) is 0 Å². The van der Waals surface area contributed by atoms with Gasteiger partial charge in [-0.15, -0.1) is 0 Å². The van der Waals surface area contributed by atoms with E-state index in [1.165, 1.54) is 11.1 Å². The highest BCUT2D eigenvalue weighted by molar-refractivity contribution is 5.79. The van der Waals surface area contributed by atoms with Gasteiger partial charge in [-0.05, 0) is 43.9 Å². The Labute approximate surface area is 156 Å². The molecule has 1 aliphatic heterocycles. The lowest BCUT2D eigenvalue weighted by Gasteiger charge is -2.21. The van der Waals surface area contributed by atoms with Gasteiger partial charge in [0, 0.05) is 37.7 Å². The third-order valence-electron chi connectivity index (χ3n) is 5.87. The third-order valence-corrected chi connectivity index (χ3v) is 5.87. The molecular weight excluding hydrogens is 324 g/mol. The smallest absolute Gasteiger partial charge is 0.225 e. The van der Waals surface area contributed by atoms with Crippen molar-refractivity contribution in [3.63, 3.8) is 0 Å². The van der Waals surface area contributed by atoms with Crippen LogP contribution < -0.4 is 5.73 Å². The summed E-state index contributed by atoms with van der Waals surface area (Å²) in [5.74, 6) is 0.837. The molecule has 3 atom stereocenters. The number of amides is 1. The van der Waals surface area contributed by atoms with Crippen molar-refractivity contribution in [2.24, 2.45) is 24.6 Å². The molecule has 2 N–H and O–H groups in total. The summed E-state index contributed by atoms with van der Waals surface area (Å²) in [5, 5.41) is 4.47. The Balaban J connectivity index is 1.71. The minimum absolute atomic E-state index is 0.0513. The number of nitrogens with zero attached hydrogens (tertiary/aromatic N) is 3. The fourth-order valence-electron chi connectivity index (χ4n) is 4.19. The van der Waals surface area contributed by atoms with Crippen LogP contribution in [0.4, 0.5) is 0 Å². The Morgan fingerprint density at radius 1 is 1.27 bits per heavy atom. The minimum atomic E-state index is -0.0513. The zero-order valence-electron chi connectivity index (χ0n) is 16.3. The highest BCUT2D eigenvalue weighted by atomic mass is 16.2. The molecule has 1 saturated heterocycles. The zero-order valence-corrected chi connectivity index (χ0v) is 16.3. The number of nitrogens with two attached hydrogens (primary N) is 1.